The van der Waals surface area contributed by atoms with Crippen LogP contribution in [0.15, 0.2) is 24.7 Å². The molecule has 4 heterocycles. The molecule has 2 atom stereocenters. The Morgan fingerprint density at radius 3 is 2.70 bits per heavy atom. The summed E-state index contributed by atoms with van der Waals surface area (Å²) in [6.45, 7) is 5.14. The molecule has 2 aliphatic heterocycles. The summed E-state index contributed by atoms with van der Waals surface area (Å²) in [5.41, 5.74) is 3.72. The van der Waals surface area contributed by atoms with E-state index >= 15 is 0 Å². The van der Waals surface area contributed by atoms with Crippen LogP contribution >= 0.6 is 11.6 Å². The summed E-state index contributed by atoms with van der Waals surface area (Å²) in [4.78, 5) is 16.1. The number of hydrogen-bond donors (Lipinski definition) is 0. The fourth-order valence-corrected chi connectivity index (χ4v) is 4.02. The molecule has 2 unspecified atom stereocenters. The van der Waals surface area contributed by atoms with Crippen LogP contribution in [0.2, 0.25) is 5.02 Å². The zero-order valence-corrected chi connectivity index (χ0v) is 14.3. The van der Waals surface area contributed by atoms with E-state index in [4.69, 9.17) is 11.6 Å². The first-order valence-corrected chi connectivity index (χ1v) is 8.70. The Labute approximate surface area is 141 Å². The average molecular weight is 329 g/mol. The van der Waals surface area contributed by atoms with Crippen LogP contribution in [0.1, 0.15) is 61.3 Å². The molecule has 2 aliphatic rings. The standard InChI is InChI=1S/C18H21ClN4/c1-11(2)18-21-7-12(8-22-18)10-23-14-3-4-17(23)15-5-13(19)9-20-16(15)6-14/h5,7-9,11,14,17H,3-4,6,10H2,1-2H3. The summed E-state index contributed by atoms with van der Waals surface area (Å²) in [6, 6.07) is 3.10. The molecular weight excluding hydrogens is 308 g/mol. The van der Waals surface area contributed by atoms with Crippen molar-refractivity contribution in [1.82, 2.24) is 19.9 Å². The fourth-order valence-electron chi connectivity index (χ4n) is 3.85. The molecule has 23 heavy (non-hydrogen) atoms. The highest BCUT2D eigenvalue weighted by Gasteiger charge is 2.40. The van der Waals surface area contributed by atoms with Gasteiger partial charge in [-0.05, 0) is 24.5 Å². The number of rotatable bonds is 3. The topological polar surface area (TPSA) is 41.9 Å². The van der Waals surface area contributed by atoms with Gasteiger partial charge in [0.05, 0.1) is 5.02 Å². The Hall–Kier alpha value is -1.52. The van der Waals surface area contributed by atoms with Gasteiger partial charge in [-0.2, -0.15) is 0 Å². The summed E-state index contributed by atoms with van der Waals surface area (Å²) >= 11 is 6.17. The molecule has 1 saturated heterocycles. The third-order valence-electron chi connectivity index (χ3n) is 5.01. The second-order valence-corrected chi connectivity index (χ2v) is 7.35. The average Bonchev–Trinajstić information content (AvgIpc) is 2.82. The maximum absolute atomic E-state index is 6.17. The Kier molecular flexibility index (Phi) is 3.82. The van der Waals surface area contributed by atoms with Crippen LogP contribution in [0.3, 0.4) is 0 Å². The van der Waals surface area contributed by atoms with E-state index in [-0.39, 0.29) is 0 Å². The zero-order chi connectivity index (χ0) is 16.0. The minimum Gasteiger partial charge on any atom is -0.289 e. The van der Waals surface area contributed by atoms with E-state index in [1.54, 1.807) is 6.20 Å². The van der Waals surface area contributed by atoms with Crippen molar-refractivity contribution >= 4 is 11.6 Å². The zero-order valence-electron chi connectivity index (χ0n) is 13.5. The lowest BCUT2D eigenvalue weighted by Gasteiger charge is -2.35. The Balaban J connectivity index is 1.58. The van der Waals surface area contributed by atoms with Crippen molar-refractivity contribution in [2.24, 2.45) is 0 Å². The number of halogens is 1. The Morgan fingerprint density at radius 1 is 1.17 bits per heavy atom. The van der Waals surface area contributed by atoms with Crippen LogP contribution < -0.4 is 0 Å². The maximum atomic E-state index is 6.17. The molecule has 4 nitrogen and oxygen atoms in total. The highest BCUT2D eigenvalue weighted by Crippen LogP contribution is 2.44. The van der Waals surface area contributed by atoms with Gasteiger partial charge in [0.2, 0.25) is 0 Å². The monoisotopic (exact) mass is 328 g/mol. The Bertz CT molecular complexity index is 713. The van der Waals surface area contributed by atoms with Crippen LogP contribution in [0.5, 0.6) is 0 Å². The van der Waals surface area contributed by atoms with Crippen molar-refractivity contribution in [3.8, 4) is 0 Å². The van der Waals surface area contributed by atoms with Crippen molar-refractivity contribution in [2.45, 2.75) is 57.7 Å². The van der Waals surface area contributed by atoms with Crippen LogP contribution in [0.4, 0.5) is 0 Å². The summed E-state index contributed by atoms with van der Waals surface area (Å²) in [5, 5.41) is 0.735. The first-order valence-electron chi connectivity index (χ1n) is 8.32. The molecular formula is C18H21ClN4. The van der Waals surface area contributed by atoms with Gasteiger partial charge in [-0.25, -0.2) is 9.97 Å². The molecule has 0 saturated carbocycles. The molecule has 2 aromatic heterocycles. The summed E-state index contributed by atoms with van der Waals surface area (Å²) in [6.07, 6.45) is 9.16. The highest BCUT2D eigenvalue weighted by atomic mass is 35.5. The van der Waals surface area contributed by atoms with E-state index in [1.165, 1.54) is 29.7 Å². The van der Waals surface area contributed by atoms with Gasteiger partial charge in [-0.3, -0.25) is 9.88 Å². The third-order valence-corrected chi connectivity index (χ3v) is 5.21. The van der Waals surface area contributed by atoms with Crippen LogP contribution in [-0.2, 0) is 13.0 Å². The normalized spacial score (nSPS) is 23.3. The van der Waals surface area contributed by atoms with Crippen molar-refractivity contribution in [1.29, 1.82) is 0 Å². The van der Waals surface area contributed by atoms with Gasteiger partial charge < -0.3 is 0 Å². The second kappa shape index (κ2) is 5.84. The van der Waals surface area contributed by atoms with Gasteiger partial charge >= 0.3 is 0 Å². The van der Waals surface area contributed by atoms with Crippen LogP contribution in [0, 0.1) is 0 Å². The second-order valence-electron chi connectivity index (χ2n) is 6.92. The quantitative estimate of drug-likeness (QED) is 0.856. The predicted octanol–water partition coefficient (Wildman–Crippen LogP) is 3.91. The molecule has 120 valence electrons. The number of hydrogen-bond acceptors (Lipinski definition) is 4. The van der Waals surface area contributed by atoms with E-state index in [2.05, 4.69) is 39.8 Å². The first-order chi connectivity index (χ1) is 11.1. The Morgan fingerprint density at radius 2 is 1.96 bits per heavy atom. The van der Waals surface area contributed by atoms with E-state index in [0.29, 0.717) is 18.0 Å². The molecule has 2 aromatic rings. The molecule has 2 bridgehead atoms. The SMILES string of the molecule is CC(C)c1ncc(CN2C3CCC2c2cc(Cl)cnc2C3)cn1. The van der Waals surface area contributed by atoms with Gasteiger partial charge in [0.1, 0.15) is 5.82 Å². The third kappa shape index (κ3) is 2.74. The molecule has 0 spiro atoms. The van der Waals surface area contributed by atoms with E-state index in [0.717, 1.165) is 23.8 Å². The van der Waals surface area contributed by atoms with Crippen LogP contribution in [-0.4, -0.2) is 25.9 Å². The lowest BCUT2D eigenvalue weighted by Crippen LogP contribution is -2.37. The summed E-state index contributed by atoms with van der Waals surface area (Å²) in [5.74, 6) is 1.28. The number of fused-ring (bicyclic) bond motifs is 4. The molecule has 5 heteroatoms. The molecule has 0 aliphatic carbocycles. The molecule has 0 radical (unpaired) electrons. The van der Waals surface area contributed by atoms with E-state index < -0.39 is 0 Å². The van der Waals surface area contributed by atoms with E-state index in [9.17, 15) is 0 Å². The number of aromatic nitrogens is 3. The van der Waals surface area contributed by atoms with Gasteiger partial charge in [-0.1, -0.05) is 25.4 Å². The van der Waals surface area contributed by atoms with Crippen LogP contribution in [0.25, 0.3) is 0 Å². The maximum Gasteiger partial charge on any atom is 0.130 e. The fraction of sp³-hybridized carbons (Fsp3) is 0.500. The largest absolute Gasteiger partial charge is 0.289 e. The van der Waals surface area contributed by atoms with Crippen molar-refractivity contribution < 1.29 is 0 Å². The molecule has 0 aromatic carbocycles. The van der Waals surface area contributed by atoms with Crippen molar-refractivity contribution in [3.63, 3.8) is 0 Å². The minimum absolute atomic E-state index is 0.371. The lowest BCUT2D eigenvalue weighted by molar-refractivity contribution is 0.166. The summed E-state index contributed by atoms with van der Waals surface area (Å²) < 4.78 is 0. The smallest absolute Gasteiger partial charge is 0.130 e. The minimum atomic E-state index is 0.371. The van der Waals surface area contributed by atoms with Crippen molar-refractivity contribution in [2.75, 3.05) is 0 Å². The summed E-state index contributed by atoms with van der Waals surface area (Å²) in [7, 11) is 0. The van der Waals surface area contributed by atoms with Crippen molar-refractivity contribution in [3.05, 3.63) is 52.3 Å². The van der Waals surface area contributed by atoms with Gasteiger partial charge in [-0.15, -0.1) is 0 Å². The van der Waals surface area contributed by atoms with Gasteiger partial charge in [0.15, 0.2) is 0 Å². The molecule has 0 amide bonds. The van der Waals surface area contributed by atoms with Gasteiger partial charge in [0.25, 0.3) is 0 Å². The number of pyridine rings is 1. The van der Waals surface area contributed by atoms with E-state index in [1.807, 2.05) is 12.4 Å². The number of nitrogens with zero attached hydrogens (tertiary/aromatic N) is 4. The molecule has 1 fully saturated rings. The highest BCUT2D eigenvalue weighted by molar-refractivity contribution is 6.30. The lowest BCUT2D eigenvalue weighted by atomic mass is 9.97. The first kappa shape index (κ1) is 15.0. The molecule has 0 N–H and O–H groups in total. The predicted molar refractivity (Wildman–Crippen MR) is 90.4 cm³/mol. The molecule has 4 rings (SSSR count). The van der Waals surface area contributed by atoms with Gasteiger partial charge in [0, 0.05) is 60.8 Å².